The lowest BCUT2D eigenvalue weighted by Crippen LogP contribution is -2.40. The van der Waals surface area contributed by atoms with Gasteiger partial charge in [0.15, 0.2) is 0 Å². The average molecular weight is 287 g/mol. The molecule has 2 fully saturated rings. The average Bonchev–Trinajstić information content (AvgIpc) is 3.02. The molecule has 1 aromatic carbocycles. The van der Waals surface area contributed by atoms with Gasteiger partial charge in [0.2, 0.25) is 5.91 Å². The van der Waals surface area contributed by atoms with Crippen LogP contribution in [-0.4, -0.2) is 25.0 Å². The predicted octanol–water partition coefficient (Wildman–Crippen LogP) is 2.74. The molecule has 4 heteroatoms. The van der Waals surface area contributed by atoms with Crippen molar-refractivity contribution in [3.8, 4) is 0 Å². The highest BCUT2D eigenvalue weighted by Crippen LogP contribution is 2.26. The Bertz CT molecular complexity index is 497. The maximum Gasteiger partial charge on any atom is 0.229 e. The number of amides is 1. The lowest BCUT2D eigenvalue weighted by molar-refractivity contribution is -0.121. The number of rotatable bonds is 3. The summed E-state index contributed by atoms with van der Waals surface area (Å²) in [6, 6.07) is 8.20. The molecule has 2 atom stereocenters. The van der Waals surface area contributed by atoms with Crippen LogP contribution in [-0.2, 0) is 4.79 Å². The van der Waals surface area contributed by atoms with Crippen molar-refractivity contribution in [2.24, 2.45) is 11.7 Å². The topological polar surface area (TPSA) is 58.4 Å². The highest BCUT2D eigenvalue weighted by molar-refractivity contribution is 5.93. The molecule has 3 rings (SSSR count). The fourth-order valence-corrected chi connectivity index (χ4v) is 3.48. The van der Waals surface area contributed by atoms with Gasteiger partial charge in [0.05, 0.1) is 5.92 Å². The lowest BCUT2D eigenvalue weighted by Gasteiger charge is -2.27. The van der Waals surface area contributed by atoms with Crippen molar-refractivity contribution in [1.82, 2.24) is 0 Å². The van der Waals surface area contributed by atoms with Crippen molar-refractivity contribution in [1.29, 1.82) is 0 Å². The molecule has 114 valence electrons. The van der Waals surface area contributed by atoms with Crippen LogP contribution in [0.2, 0.25) is 0 Å². The summed E-state index contributed by atoms with van der Waals surface area (Å²) in [6.45, 7) is 2.23. The number of nitrogens with zero attached hydrogens (tertiary/aromatic N) is 1. The van der Waals surface area contributed by atoms with Gasteiger partial charge in [0, 0.05) is 30.5 Å². The number of anilines is 2. The van der Waals surface area contributed by atoms with Crippen LogP contribution in [0.15, 0.2) is 24.3 Å². The summed E-state index contributed by atoms with van der Waals surface area (Å²) in [5, 5.41) is 3.06. The Kier molecular flexibility index (Phi) is 4.44. The number of carbonyl (C=O) groups excluding carboxylic acids is 1. The fourth-order valence-electron chi connectivity index (χ4n) is 3.48. The number of nitrogens with one attached hydrogen (secondary N) is 1. The van der Waals surface area contributed by atoms with E-state index in [1.54, 1.807) is 0 Å². The van der Waals surface area contributed by atoms with Gasteiger partial charge < -0.3 is 16.0 Å². The molecule has 0 aromatic heterocycles. The largest absolute Gasteiger partial charge is 0.371 e. The van der Waals surface area contributed by atoms with Gasteiger partial charge in [-0.25, -0.2) is 0 Å². The van der Waals surface area contributed by atoms with Crippen LogP contribution in [0.5, 0.6) is 0 Å². The summed E-state index contributed by atoms with van der Waals surface area (Å²) in [6.07, 6.45) is 6.65. The fraction of sp³-hybridized carbons (Fsp3) is 0.588. The van der Waals surface area contributed by atoms with Crippen molar-refractivity contribution in [3.05, 3.63) is 24.3 Å². The van der Waals surface area contributed by atoms with Gasteiger partial charge in [0.25, 0.3) is 0 Å². The van der Waals surface area contributed by atoms with E-state index in [9.17, 15) is 4.79 Å². The Labute approximate surface area is 126 Å². The zero-order valence-electron chi connectivity index (χ0n) is 12.6. The first-order chi connectivity index (χ1) is 10.2. The van der Waals surface area contributed by atoms with E-state index >= 15 is 0 Å². The van der Waals surface area contributed by atoms with E-state index in [2.05, 4.69) is 22.3 Å². The second-order valence-electron chi connectivity index (χ2n) is 6.29. The minimum absolute atomic E-state index is 0.0144. The molecule has 0 bridgehead atoms. The van der Waals surface area contributed by atoms with Crippen LogP contribution in [0.4, 0.5) is 11.4 Å². The van der Waals surface area contributed by atoms with E-state index in [1.165, 1.54) is 18.5 Å². The molecule has 1 aromatic rings. The Balaban J connectivity index is 1.66. The molecule has 3 N–H and O–H groups in total. The zero-order valence-corrected chi connectivity index (χ0v) is 12.6. The normalized spacial score (nSPS) is 25.9. The number of hydrogen-bond donors (Lipinski definition) is 2. The first kappa shape index (κ1) is 14.4. The Morgan fingerprint density at radius 1 is 1.14 bits per heavy atom. The van der Waals surface area contributed by atoms with Gasteiger partial charge in [-0.2, -0.15) is 0 Å². The molecular formula is C17H25N3O. The van der Waals surface area contributed by atoms with Crippen molar-refractivity contribution in [3.63, 3.8) is 0 Å². The maximum atomic E-state index is 12.4. The van der Waals surface area contributed by atoms with E-state index in [0.29, 0.717) is 0 Å². The smallest absolute Gasteiger partial charge is 0.229 e. The van der Waals surface area contributed by atoms with E-state index in [-0.39, 0.29) is 17.9 Å². The molecule has 1 amide bonds. The van der Waals surface area contributed by atoms with Crippen molar-refractivity contribution in [2.45, 2.75) is 44.6 Å². The Morgan fingerprint density at radius 2 is 1.90 bits per heavy atom. The molecule has 1 heterocycles. The zero-order chi connectivity index (χ0) is 14.7. The lowest BCUT2D eigenvalue weighted by atomic mass is 9.84. The minimum Gasteiger partial charge on any atom is -0.371 e. The highest BCUT2D eigenvalue weighted by Gasteiger charge is 2.28. The maximum absolute atomic E-state index is 12.4. The van der Waals surface area contributed by atoms with E-state index in [0.717, 1.165) is 44.5 Å². The SMILES string of the molecule is NC1CCCCC1C(=O)Nc1cccc(N2CCCC2)c1. The monoisotopic (exact) mass is 287 g/mol. The van der Waals surface area contributed by atoms with E-state index in [4.69, 9.17) is 5.73 Å². The quantitative estimate of drug-likeness (QED) is 0.898. The highest BCUT2D eigenvalue weighted by atomic mass is 16.1. The molecule has 0 spiro atoms. The van der Waals surface area contributed by atoms with Crippen molar-refractivity contribution in [2.75, 3.05) is 23.3 Å². The summed E-state index contributed by atoms with van der Waals surface area (Å²) >= 11 is 0. The number of carbonyl (C=O) groups is 1. The van der Waals surface area contributed by atoms with Crippen LogP contribution in [0.3, 0.4) is 0 Å². The van der Waals surface area contributed by atoms with Gasteiger partial charge in [-0.05, 0) is 43.9 Å². The third-order valence-electron chi connectivity index (χ3n) is 4.74. The van der Waals surface area contributed by atoms with Crippen LogP contribution in [0.1, 0.15) is 38.5 Å². The van der Waals surface area contributed by atoms with Gasteiger partial charge in [-0.3, -0.25) is 4.79 Å². The third-order valence-corrected chi connectivity index (χ3v) is 4.74. The van der Waals surface area contributed by atoms with Crippen LogP contribution in [0.25, 0.3) is 0 Å². The Hall–Kier alpha value is -1.55. The van der Waals surface area contributed by atoms with E-state index < -0.39 is 0 Å². The van der Waals surface area contributed by atoms with Crippen molar-refractivity contribution < 1.29 is 4.79 Å². The predicted molar refractivity (Wildman–Crippen MR) is 86.5 cm³/mol. The molecule has 2 unspecified atom stereocenters. The minimum atomic E-state index is -0.0332. The first-order valence-corrected chi connectivity index (χ1v) is 8.15. The molecule has 1 aliphatic heterocycles. The molecular weight excluding hydrogens is 262 g/mol. The van der Waals surface area contributed by atoms with Gasteiger partial charge in [0.1, 0.15) is 0 Å². The van der Waals surface area contributed by atoms with Gasteiger partial charge >= 0.3 is 0 Å². The summed E-state index contributed by atoms with van der Waals surface area (Å²) in [7, 11) is 0. The number of nitrogens with two attached hydrogens (primary N) is 1. The number of hydrogen-bond acceptors (Lipinski definition) is 3. The summed E-state index contributed by atoms with van der Waals surface area (Å²) < 4.78 is 0. The van der Waals surface area contributed by atoms with E-state index in [1.807, 2.05) is 12.1 Å². The Morgan fingerprint density at radius 3 is 2.67 bits per heavy atom. The summed E-state index contributed by atoms with van der Waals surface area (Å²) in [4.78, 5) is 14.8. The van der Waals surface area contributed by atoms with Gasteiger partial charge in [-0.15, -0.1) is 0 Å². The second-order valence-corrected chi connectivity index (χ2v) is 6.29. The summed E-state index contributed by atoms with van der Waals surface area (Å²) in [5.41, 5.74) is 8.19. The van der Waals surface area contributed by atoms with Crippen LogP contribution in [0, 0.1) is 5.92 Å². The standard InChI is InChI=1S/C17H25N3O/c18-16-9-2-1-8-15(16)17(21)19-13-6-5-7-14(12-13)20-10-3-4-11-20/h5-7,12,15-16H,1-4,8-11,18H2,(H,19,21). The molecule has 1 saturated carbocycles. The second kappa shape index (κ2) is 6.48. The molecule has 1 saturated heterocycles. The third kappa shape index (κ3) is 3.38. The molecule has 4 nitrogen and oxygen atoms in total. The van der Waals surface area contributed by atoms with Crippen molar-refractivity contribution >= 4 is 17.3 Å². The van der Waals surface area contributed by atoms with Crippen LogP contribution < -0.4 is 16.0 Å². The molecule has 1 aliphatic carbocycles. The van der Waals surface area contributed by atoms with Gasteiger partial charge in [-0.1, -0.05) is 18.9 Å². The first-order valence-electron chi connectivity index (χ1n) is 8.15. The number of benzene rings is 1. The molecule has 21 heavy (non-hydrogen) atoms. The summed E-state index contributed by atoms with van der Waals surface area (Å²) in [5.74, 6) is 0.0509. The van der Waals surface area contributed by atoms with Crippen LogP contribution >= 0.6 is 0 Å². The molecule has 2 aliphatic rings. The molecule has 0 radical (unpaired) electrons.